The number of hydrogen-bond acceptors (Lipinski definition) is 8. The topological polar surface area (TPSA) is 118 Å². The predicted octanol–water partition coefficient (Wildman–Crippen LogP) is 2.74. The Morgan fingerprint density at radius 3 is 2.74 bits per heavy atom. The van der Waals surface area contributed by atoms with Gasteiger partial charge in [-0.15, -0.1) is 0 Å². The van der Waals surface area contributed by atoms with E-state index in [9.17, 15) is 5.11 Å². The van der Waals surface area contributed by atoms with Crippen molar-refractivity contribution in [1.82, 2.24) is 19.7 Å². The Hall–Kier alpha value is -2.40. The molecule has 0 bridgehead atoms. The van der Waals surface area contributed by atoms with Crippen LogP contribution < -0.4 is 5.73 Å². The molecule has 3 unspecified atom stereocenters. The fourth-order valence-corrected chi connectivity index (χ4v) is 4.89. The van der Waals surface area contributed by atoms with Gasteiger partial charge >= 0.3 is 0 Å². The molecule has 2 aliphatic heterocycles. The first-order valence-electron chi connectivity index (χ1n) is 11.5. The van der Waals surface area contributed by atoms with Gasteiger partial charge in [0.2, 0.25) is 0 Å². The minimum absolute atomic E-state index is 0.278. The summed E-state index contributed by atoms with van der Waals surface area (Å²) in [5, 5.41) is 16.3. The summed E-state index contributed by atoms with van der Waals surface area (Å²) in [7, 11) is 0. The highest BCUT2D eigenvalue weighted by Gasteiger charge is 2.50. The Balaban J connectivity index is 1.31. The lowest BCUT2D eigenvalue weighted by molar-refractivity contribution is -0.309. The summed E-state index contributed by atoms with van der Waals surface area (Å²) in [6, 6.07) is 10.8. The van der Waals surface area contributed by atoms with E-state index in [1.165, 1.54) is 0 Å². The quantitative estimate of drug-likeness (QED) is 0.581. The number of aliphatic hydroxyl groups is 1. The first-order valence-corrected chi connectivity index (χ1v) is 11.9. The lowest BCUT2D eigenvalue weighted by atomic mass is 9.92. The van der Waals surface area contributed by atoms with Crippen LogP contribution in [0.5, 0.6) is 0 Å². The fourth-order valence-electron chi connectivity index (χ4n) is 4.74. The molecule has 3 N–H and O–H groups in total. The minimum atomic E-state index is -1.06. The van der Waals surface area contributed by atoms with Crippen LogP contribution in [0.4, 0.5) is 0 Å². The molecular formula is C24H26ClN5O4. The Labute approximate surface area is 201 Å². The molecule has 4 heterocycles. The summed E-state index contributed by atoms with van der Waals surface area (Å²) >= 11 is 6.29. The van der Waals surface area contributed by atoms with E-state index in [4.69, 9.17) is 31.5 Å². The lowest BCUT2D eigenvalue weighted by Crippen LogP contribution is -2.62. The molecule has 1 aliphatic carbocycles. The zero-order valence-electron chi connectivity index (χ0n) is 18.6. The number of ether oxygens (including phenoxy) is 3. The normalized spacial score (nSPS) is 31.3. The van der Waals surface area contributed by atoms with Crippen molar-refractivity contribution in [2.24, 2.45) is 5.73 Å². The molecule has 3 aromatic rings. The molecule has 0 spiro atoms. The van der Waals surface area contributed by atoms with Gasteiger partial charge in [-0.1, -0.05) is 41.9 Å². The average Bonchev–Trinajstić information content (AvgIpc) is 3.62. The minimum Gasteiger partial charge on any atom is -0.388 e. The third-order valence-corrected chi connectivity index (χ3v) is 6.79. The number of halogens is 1. The van der Waals surface area contributed by atoms with Crippen LogP contribution in [0, 0.1) is 6.92 Å². The summed E-state index contributed by atoms with van der Waals surface area (Å²) in [4.78, 5) is 9.17. The maximum Gasteiger partial charge on any atom is 0.184 e. The molecule has 0 amide bonds. The maximum atomic E-state index is 11.2. The van der Waals surface area contributed by atoms with Crippen molar-refractivity contribution in [3.63, 3.8) is 0 Å². The van der Waals surface area contributed by atoms with Crippen LogP contribution in [-0.2, 0) is 14.2 Å². The van der Waals surface area contributed by atoms with Gasteiger partial charge in [0.25, 0.3) is 0 Å². The van der Waals surface area contributed by atoms with Gasteiger partial charge in [-0.25, -0.2) is 9.67 Å². The van der Waals surface area contributed by atoms with Gasteiger partial charge in [0, 0.05) is 17.7 Å². The van der Waals surface area contributed by atoms with Gasteiger partial charge in [-0.05, 0) is 25.8 Å². The zero-order chi connectivity index (χ0) is 23.4. The molecular weight excluding hydrogens is 458 g/mol. The van der Waals surface area contributed by atoms with E-state index in [1.54, 1.807) is 17.8 Å². The molecule has 2 aromatic heterocycles. The van der Waals surface area contributed by atoms with E-state index in [0.29, 0.717) is 22.6 Å². The number of benzene rings is 1. The zero-order valence-corrected chi connectivity index (χ0v) is 19.4. The maximum absolute atomic E-state index is 11.2. The highest BCUT2D eigenvalue weighted by atomic mass is 35.5. The number of aliphatic hydroxyl groups excluding tert-OH is 1. The van der Waals surface area contributed by atoms with Crippen LogP contribution in [0.3, 0.4) is 0 Å². The number of hydrogen-bond donors (Lipinski definition) is 2. The average molecular weight is 484 g/mol. The molecule has 0 radical (unpaired) electrons. The summed E-state index contributed by atoms with van der Waals surface area (Å²) in [5.74, 6) is 1.36. The van der Waals surface area contributed by atoms with E-state index in [0.717, 1.165) is 29.8 Å². The van der Waals surface area contributed by atoms with Crippen molar-refractivity contribution in [3.8, 4) is 5.69 Å². The molecule has 34 heavy (non-hydrogen) atoms. The number of nitrogens with zero attached hydrogens (tertiary/aromatic N) is 4. The van der Waals surface area contributed by atoms with Crippen LogP contribution in [0.1, 0.15) is 54.1 Å². The third-order valence-electron chi connectivity index (χ3n) is 6.58. The van der Waals surface area contributed by atoms with Gasteiger partial charge < -0.3 is 25.1 Å². The Bertz CT molecular complexity index is 1190. The molecule has 1 aromatic carbocycles. The third kappa shape index (κ3) is 3.92. The smallest absolute Gasteiger partial charge is 0.184 e. The van der Waals surface area contributed by atoms with Crippen LogP contribution in [-0.4, -0.2) is 55.8 Å². The highest BCUT2D eigenvalue weighted by molar-refractivity contribution is 6.30. The Morgan fingerprint density at radius 2 is 1.97 bits per heavy atom. The monoisotopic (exact) mass is 483 g/mol. The second-order valence-corrected chi connectivity index (χ2v) is 9.54. The Morgan fingerprint density at radius 1 is 1.18 bits per heavy atom. The van der Waals surface area contributed by atoms with Gasteiger partial charge in [-0.3, -0.25) is 4.98 Å². The summed E-state index contributed by atoms with van der Waals surface area (Å²) < 4.78 is 20.1. The largest absolute Gasteiger partial charge is 0.388 e. The van der Waals surface area contributed by atoms with E-state index < -0.39 is 36.7 Å². The highest BCUT2D eigenvalue weighted by Crippen LogP contribution is 2.43. The number of fused-ring (bicyclic) bond motifs is 1. The van der Waals surface area contributed by atoms with Crippen LogP contribution in [0.25, 0.3) is 5.69 Å². The lowest BCUT2D eigenvalue weighted by Gasteiger charge is -2.46. The van der Waals surface area contributed by atoms with E-state index in [2.05, 4.69) is 15.1 Å². The van der Waals surface area contributed by atoms with E-state index in [1.807, 2.05) is 36.4 Å². The van der Waals surface area contributed by atoms with Gasteiger partial charge in [-0.2, -0.15) is 5.10 Å². The fraction of sp³-hybridized carbons (Fsp3) is 0.458. The molecule has 10 heteroatoms. The summed E-state index contributed by atoms with van der Waals surface area (Å²) in [6.07, 6.45) is 0.350. The van der Waals surface area contributed by atoms with Crippen LogP contribution in [0.15, 0.2) is 42.6 Å². The SMILES string of the molecule is Cc1nc([C@@H]2OC3COC(c4ccccc4)O[C@@H]3[C@H](N)C2O)n(-c2cc(Cl)cnc2C2CC2)n1. The van der Waals surface area contributed by atoms with Gasteiger partial charge in [0.15, 0.2) is 12.1 Å². The predicted molar refractivity (Wildman–Crippen MR) is 122 cm³/mol. The molecule has 6 rings (SSSR count). The second-order valence-electron chi connectivity index (χ2n) is 9.10. The first kappa shape index (κ1) is 22.1. The first-order chi connectivity index (χ1) is 16.5. The molecule has 2 saturated heterocycles. The Kier molecular flexibility index (Phi) is 5.63. The van der Waals surface area contributed by atoms with Crippen LogP contribution >= 0.6 is 11.6 Å². The number of nitrogens with two attached hydrogens (primary N) is 1. The molecule has 3 aliphatic rings. The summed E-state index contributed by atoms with van der Waals surface area (Å²) in [6.45, 7) is 2.07. The number of aryl methyl sites for hydroxylation is 1. The van der Waals surface area contributed by atoms with Crippen molar-refractivity contribution in [2.75, 3.05) is 6.61 Å². The molecule has 3 fully saturated rings. The molecule has 178 valence electrons. The van der Waals surface area contributed by atoms with Crippen molar-refractivity contribution in [1.29, 1.82) is 0 Å². The molecule has 6 atom stereocenters. The molecule has 9 nitrogen and oxygen atoms in total. The number of rotatable bonds is 4. The van der Waals surface area contributed by atoms with Crippen molar-refractivity contribution < 1.29 is 19.3 Å². The van der Waals surface area contributed by atoms with Crippen LogP contribution in [0.2, 0.25) is 5.02 Å². The molecule has 1 saturated carbocycles. The van der Waals surface area contributed by atoms with Crippen molar-refractivity contribution in [2.45, 2.75) is 62.4 Å². The van der Waals surface area contributed by atoms with Gasteiger partial charge in [0.1, 0.15) is 30.2 Å². The number of pyridine rings is 1. The second kappa shape index (κ2) is 8.67. The van der Waals surface area contributed by atoms with Crippen molar-refractivity contribution in [3.05, 3.63) is 70.5 Å². The van der Waals surface area contributed by atoms with Gasteiger partial charge in [0.05, 0.1) is 29.1 Å². The van der Waals surface area contributed by atoms with E-state index in [-0.39, 0.29) is 6.61 Å². The standard InChI is InChI=1S/C24H26ClN5O4/c1-12-28-23(30(29-12)16-9-15(25)10-27-19(16)13-7-8-13)22-20(31)18(26)21-17(33-22)11-32-24(34-21)14-5-3-2-4-6-14/h2-6,9-10,13,17-18,20-22,24,31H,7-8,11,26H2,1H3/t17?,18-,20?,21+,22-,24?/m1/s1. The van der Waals surface area contributed by atoms with E-state index >= 15 is 0 Å². The summed E-state index contributed by atoms with van der Waals surface area (Å²) in [5.41, 5.74) is 9.06. The van der Waals surface area contributed by atoms with Crippen molar-refractivity contribution >= 4 is 11.6 Å². The number of aromatic nitrogens is 4.